The first-order valence-electron chi connectivity index (χ1n) is 10.4. The number of hydrogen-bond acceptors (Lipinski definition) is 6. The molecule has 160 valence electrons. The Morgan fingerprint density at radius 1 is 1.19 bits per heavy atom. The van der Waals surface area contributed by atoms with Crippen LogP contribution in [0.1, 0.15) is 44.9 Å². The fourth-order valence-electron chi connectivity index (χ4n) is 3.99. The summed E-state index contributed by atoms with van der Waals surface area (Å²) in [5, 5.41) is 13.3. The molecule has 0 unspecified atom stereocenters. The second-order valence-corrected chi connectivity index (χ2v) is 8.79. The van der Waals surface area contributed by atoms with Crippen molar-refractivity contribution in [2.75, 3.05) is 18.0 Å². The molecule has 3 heterocycles. The summed E-state index contributed by atoms with van der Waals surface area (Å²) >= 11 is 0. The normalized spacial score (nSPS) is 16.0. The SMILES string of the molecule is CC(C)(C)OC(=O)NC1(c2ccccc2)CCN(c2nc(C#N)c3cc[nH]c3n2)CC1. The van der Waals surface area contributed by atoms with Crippen LogP contribution in [0.2, 0.25) is 0 Å². The third-order valence-corrected chi connectivity index (χ3v) is 5.48. The van der Waals surface area contributed by atoms with Crippen molar-refractivity contribution in [2.24, 2.45) is 0 Å². The molecule has 1 amide bonds. The summed E-state index contributed by atoms with van der Waals surface area (Å²) in [6, 6.07) is 13.9. The smallest absolute Gasteiger partial charge is 0.408 e. The number of anilines is 1. The van der Waals surface area contributed by atoms with E-state index in [9.17, 15) is 10.1 Å². The first-order valence-corrected chi connectivity index (χ1v) is 10.4. The lowest BCUT2D eigenvalue weighted by Gasteiger charge is -2.42. The fourth-order valence-corrected chi connectivity index (χ4v) is 3.99. The number of ether oxygens (including phenoxy) is 1. The van der Waals surface area contributed by atoms with Crippen LogP contribution in [0.5, 0.6) is 0 Å². The van der Waals surface area contributed by atoms with Gasteiger partial charge in [-0.1, -0.05) is 30.3 Å². The minimum atomic E-state index is -0.574. The van der Waals surface area contributed by atoms with Crippen molar-refractivity contribution in [3.05, 3.63) is 53.9 Å². The maximum absolute atomic E-state index is 12.6. The Labute approximate surface area is 181 Å². The number of aromatic nitrogens is 3. The lowest BCUT2D eigenvalue weighted by Crippen LogP contribution is -2.54. The molecule has 8 nitrogen and oxygen atoms in total. The minimum absolute atomic E-state index is 0.355. The highest BCUT2D eigenvalue weighted by Crippen LogP contribution is 2.34. The molecule has 2 aromatic heterocycles. The van der Waals surface area contributed by atoms with E-state index in [0.717, 1.165) is 5.56 Å². The van der Waals surface area contributed by atoms with Gasteiger partial charge in [-0.25, -0.2) is 9.78 Å². The number of aromatic amines is 1. The summed E-state index contributed by atoms with van der Waals surface area (Å²) in [5.41, 5.74) is 0.921. The maximum Gasteiger partial charge on any atom is 0.408 e. The van der Waals surface area contributed by atoms with Crippen molar-refractivity contribution in [3.8, 4) is 6.07 Å². The van der Waals surface area contributed by atoms with Crippen molar-refractivity contribution in [1.82, 2.24) is 20.3 Å². The number of H-pyrrole nitrogens is 1. The highest BCUT2D eigenvalue weighted by molar-refractivity contribution is 5.81. The zero-order valence-corrected chi connectivity index (χ0v) is 18.0. The van der Waals surface area contributed by atoms with Gasteiger partial charge in [0.1, 0.15) is 17.3 Å². The number of piperidine rings is 1. The molecule has 1 aromatic carbocycles. The van der Waals surface area contributed by atoms with E-state index in [2.05, 4.69) is 31.2 Å². The van der Waals surface area contributed by atoms with Gasteiger partial charge in [0, 0.05) is 19.3 Å². The van der Waals surface area contributed by atoms with Crippen LogP contribution in [0, 0.1) is 11.3 Å². The van der Waals surface area contributed by atoms with Gasteiger partial charge in [0.05, 0.1) is 10.9 Å². The lowest BCUT2D eigenvalue weighted by molar-refractivity contribution is 0.0431. The summed E-state index contributed by atoms with van der Waals surface area (Å²) in [6.45, 7) is 6.81. The molecule has 0 saturated carbocycles. The van der Waals surface area contributed by atoms with Crippen molar-refractivity contribution in [3.63, 3.8) is 0 Å². The van der Waals surface area contributed by atoms with E-state index in [1.54, 1.807) is 12.3 Å². The number of fused-ring (bicyclic) bond motifs is 1. The summed E-state index contributed by atoms with van der Waals surface area (Å²) in [6.07, 6.45) is 2.64. The summed E-state index contributed by atoms with van der Waals surface area (Å²) in [5.74, 6) is 0.519. The van der Waals surface area contributed by atoms with Gasteiger partial charge in [-0.3, -0.25) is 0 Å². The van der Waals surface area contributed by atoms with Crippen molar-refractivity contribution in [1.29, 1.82) is 5.26 Å². The van der Waals surface area contributed by atoms with E-state index < -0.39 is 17.2 Å². The molecular formula is C23H26N6O2. The number of alkyl carbamates (subject to hydrolysis) is 1. The summed E-state index contributed by atoms with van der Waals surface area (Å²) in [7, 11) is 0. The van der Waals surface area contributed by atoms with Gasteiger partial charge in [-0.15, -0.1) is 0 Å². The van der Waals surface area contributed by atoms with Gasteiger partial charge in [-0.2, -0.15) is 10.2 Å². The van der Waals surface area contributed by atoms with E-state index in [1.165, 1.54) is 0 Å². The average Bonchev–Trinajstić information content (AvgIpc) is 3.21. The topological polar surface area (TPSA) is 107 Å². The second kappa shape index (κ2) is 7.91. The number of hydrogen-bond donors (Lipinski definition) is 2. The minimum Gasteiger partial charge on any atom is -0.444 e. The number of nitrogens with zero attached hydrogens (tertiary/aromatic N) is 4. The predicted molar refractivity (Wildman–Crippen MR) is 118 cm³/mol. The molecule has 0 aliphatic carbocycles. The third kappa shape index (κ3) is 4.31. The van der Waals surface area contributed by atoms with Crippen molar-refractivity contribution in [2.45, 2.75) is 44.8 Å². The van der Waals surface area contributed by atoms with Crippen LogP contribution in [0.25, 0.3) is 11.0 Å². The molecule has 0 bridgehead atoms. The highest BCUT2D eigenvalue weighted by Gasteiger charge is 2.39. The Hall–Kier alpha value is -3.60. The second-order valence-electron chi connectivity index (χ2n) is 8.79. The van der Waals surface area contributed by atoms with Gasteiger partial charge in [-0.05, 0) is 45.2 Å². The van der Waals surface area contributed by atoms with Crippen LogP contribution in [0.15, 0.2) is 42.6 Å². The zero-order valence-electron chi connectivity index (χ0n) is 18.0. The Balaban J connectivity index is 1.59. The maximum atomic E-state index is 12.6. The first-order chi connectivity index (χ1) is 14.8. The van der Waals surface area contributed by atoms with Gasteiger partial charge < -0.3 is 19.9 Å². The van der Waals surface area contributed by atoms with E-state index in [-0.39, 0.29) is 0 Å². The standard InChI is InChI=1S/C23H26N6O2/c1-22(2,3)31-21(30)28-23(16-7-5-4-6-8-16)10-13-29(14-11-23)20-26-18(15-24)17-9-12-25-19(17)27-20/h4-9,12H,10-11,13-14H2,1-3H3,(H,28,30)(H,25,26,27). The fraction of sp³-hybridized carbons (Fsp3) is 0.391. The molecule has 31 heavy (non-hydrogen) atoms. The summed E-state index contributed by atoms with van der Waals surface area (Å²) < 4.78 is 5.54. The molecule has 1 aliphatic heterocycles. The molecule has 0 spiro atoms. The predicted octanol–water partition coefficient (Wildman–Crippen LogP) is 3.85. The lowest BCUT2D eigenvalue weighted by atomic mass is 9.81. The van der Waals surface area contributed by atoms with Crippen LogP contribution >= 0.6 is 0 Å². The number of nitriles is 1. The zero-order chi connectivity index (χ0) is 22.1. The van der Waals surface area contributed by atoms with Crippen LogP contribution in [-0.4, -0.2) is 39.7 Å². The monoisotopic (exact) mass is 418 g/mol. The molecule has 1 aliphatic rings. The quantitative estimate of drug-likeness (QED) is 0.669. The van der Waals surface area contributed by atoms with Crippen LogP contribution in [0.4, 0.5) is 10.7 Å². The van der Waals surface area contributed by atoms with Crippen LogP contribution in [0.3, 0.4) is 0 Å². The number of nitrogens with one attached hydrogen (secondary N) is 2. The van der Waals surface area contributed by atoms with E-state index in [4.69, 9.17) is 4.74 Å². The Morgan fingerprint density at radius 2 is 1.90 bits per heavy atom. The Kier molecular flexibility index (Phi) is 5.27. The molecule has 0 radical (unpaired) electrons. The molecule has 1 fully saturated rings. The molecule has 3 aromatic rings. The molecule has 2 N–H and O–H groups in total. The highest BCUT2D eigenvalue weighted by atomic mass is 16.6. The van der Waals surface area contributed by atoms with Gasteiger partial charge in [0.15, 0.2) is 5.69 Å². The van der Waals surface area contributed by atoms with E-state index >= 15 is 0 Å². The molecule has 1 saturated heterocycles. The molecule has 0 atom stereocenters. The molecule has 8 heteroatoms. The van der Waals surface area contributed by atoms with Crippen LogP contribution < -0.4 is 10.2 Å². The first kappa shape index (κ1) is 20.7. The van der Waals surface area contributed by atoms with Gasteiger partial charge >= 0.3 is 6.09 Å². The largest absolute Gasteiger partial charge is 0.444 e. The Bertz CT molecular complexity index is 1120. The van der Waals surface area contributed by atoms with E-state index in [1.807, 2.05) is 51.1 Å². The number of carbonyl (C=O) groups excluding carboxylic acids is 1. The van der Waals surface area contributed by atoms with Gasteiger partial charge in [0.2, 0.25) is 5.95 Å². The van der Waals surface area contributed by atoms with Crippen molar-refractivity contribution >= 4 is 23.1 Å². The average molecular weight is 419 g/mol. The number of amides is 1. The Morgan fingerprint density at radius 3 is 2.55 bits per heavy atom. The van der Waals surface area contributed by atoms with Crippen molar-refractivity contribution < 1.29 is 9.53 Å². The summed E-state index contributed by atoms with van der Waals surface area (Å²) in [4.78, 5) is 26.8. The third-order valence-electron chi connectivity index (χ3n) is 5.48. The number of carbonyl (C=O) groups is 1. The molecule has 4 rings (SSSR count). The molecular weight excluding hydrogens is 392 g/mol. The number of benzene rings is 1. The van der Waals surface area contributed by atoms with Crippen LogP contribution in [-0.2, 0) is 10.3 Å². The number of rotatable bonds is 3. The van der Waals surface area contributed by atoms with E-state index in [0.29, 0.717) is 48.6 Å². The van der Waals surface area contributed by atoms with Gasteiger partial charge in [0.25, 0.3) is 0 Å².